The molecule has 3 aliphatic heterocycles. The Bertz CT molecular complexity index is 889. The fraction of sp³-hybridized carbons (Fsp3) is 0.526. The Morgan fingerprint density at radius 2 is 2.04 bits per heavy atom. The zero-order chi connectivity index (χ0) is 20.4. The summed E-state index contributed by atoms with van der Waals surface area (Å²) in [5.74, 6) is -3.09. The Labute approximate surface area is 167 Å². The molecule has 8 nitrogen and oxygen atoms in total. The van der Waals surface area contributed by atoms with Crippen molar-refractivity contribution < 1.29 is 24.2 Å². The van der Waals surface area contributed by atoms with Gasteiger partial charge >= 0.3 is 0 Å². The van der Waals surface area contributed by atoms with Crippen LogP contribution >= 0.6 is 11.6 Å². The van der Waals surface area contributed by atoms with Crippen LogP contribution in [0.25, 0.3) is 0 Å². The maximum Gasteiger partial charge on any atom is 0.250 e. The maximum absolute atomic E-state index is 13.3. The minimum absolute atomic E-state index is 0.104. The number of imide groups is 1. The molecular weight excluding hydrogens is 386 g/mol. The van der Waals surface area contributed by atoms with Crippen molar-refractivity contribution in [2.24, 2.45) is 11.8 Å². The highest BCUT2D eigenvalue weighted by molar-refractivity contribution is 6.35. The standard InChI is InChI=1S/C19H22ClN3O5/c1-8-6-10-15(11(20)7-8)21-18(27)19(10)13-12(14(22-19)9(2)24)16(25)23(17(13)26)4-5-28-3/h6-7,9,12-14,22,24H,4-5H2,1-3H3,(H,21,27)/t9-,12-,13+,14-,19+/m0/s1. The lowest BCUT2D eigenvalue weighted by atomic mass is 9.76. The van der Waals surface area contributed by atoms with E-state index in [2.05, 4.69) is 10.6 Å². The Morgan fingerprint density at radius 1 is 1.32 bits per heavy atom. The fourth-order valence-electron chi connectivity index (χ4n) is 4.80. The number of amides is 3. The van der Waals surface area contributed by atoms with Crippen LogP contribution < -0.4 is 10.6 Å². The summed E-state index contributed by atoms with van der Waals surface area (Å²) in [5, 5.41) is 16.6. The molecule has 0 aliphatic carbocycles. The Hall–Kier alpha value is -2.00. The number of aliphatic hydroxyl groups is 1. The third-order valence-electron chi connectivity index (χ3n) is 5.98. The number of nitrogens with one attached hydrogen (secondary N) is 2. The van der Waals surface area contributed by atoms with Gasteiger partial charge in [-0.3, -0.25) is 24.6 Å². The predicted octanol–water partition coefficient (Wildman–Crippen LogP) is 0.396. The molecule has 1 spiro atoms. The highest BCUT2D eigenvalue weighted by Gasteiger charge is 2.71. The smallest absolute Gasteiger partial charge is 0.250 e. The van der Waals surface area contributed by atoms with Crippen molar-refractivity contribution in [1.82, 2.24) is 10.2 Å². The quantitative estimate of drug-likeness (QED) is 0.623. The number of likely N-dealkylation sites (tertiary alicyclic amines) is 1. The summed E-state index contributed by atoms with van der Waals surface area (Å²) in [6.45, 7) is 3.69. The number of hydrogen-bond acceptors (Lipinski definition) is 6. The molecule has 4 rings (SSSR count). The molecule has 0 unspecified atom stereocenters. The van der Waals surface area contributed by atoms with Gasteiger partial charge in [-0.25, -0.2) is 0 Å². The molecule has 1 aromatic carbocycles. The molecule has 1 aromatic rings. The van der Waals surface area contributed by atoms with E-state index in [0.29, 0.717) is 16.3 Å². The van der Waals surface area contributed by atoms with Crippen molar-refractivity contribution in [3.05, 3.63) is 28.3 Å². The number of aliphatic hydroxyl groups excluding tert-OH is 1. The molecule has 9 heteroatoms. The van der Waals surface area contributed by atoms with Gasteiger partial charge in [-0.15, -0.1) is 0 Å². The summed E-state index contributed by atoms with van der Waals surface area (Å²) < 4.78 is 5.01. The second-order valence-corrected chi connectivity index (χ2v) is 8.07. The summed E-state index contributed by atoms with van der Waals surface area (Å²) >= 11 is 6.34. The number of benzene rings is 1. The Kier molecular flexibility index (Phi) is 4.50. The van der Waals surface area contributed by atoms with E-state index in [1.54, 1.807) is 19.1 Å². The van der Waals surface area contributed by atoms with Crippen molar-refractivity contribution >= 4 is 35.0 Å². The third-order valence-corrected chi connectivity index (χ3v) is 6.28. The number of hydrogen-bond donors (Lipinski definition) is 3. The predicted molar refractivity (Wildman–Crippen MR) is 101 cm³/mol. The normalized spacial score (nSPS) is 32.1. The number of carbonyl (C=O) groups is 3. The number of carbonyl (C=O) groups excluding carboxylic acids is 3. The van der Waals surface area contributed by atoms with Gasteiger partial charge in [-0.2, -0.15) is 0 Å². The van der Waals surface area contributed by atoms with E-state index in [4.69, 9.17) is 16.3 Å². The van der Waals surface area contributed by atoms with Gasteiger partial charge in [0.15, 0.2) is 0 Å². The molecular formula is C19H22ClN3O5. The molecule has 3 amide bonds. The summed E-state index contributed by atoms with van der Waals surface area (Å²) in [5.41, 5.74) is 0.346. The van der Waals surface area contributed by atoms with Gasteiger partial charge in [0, 0.05) is 18.7 Å². The minimum Gasteiger partial charge on any atom is -0.392 e. The number of rotatable bonds is 4. The highest BCUT2D eigenvalue weighted by atomic mass is 35.5. The van der Waals surface area contributed by atoms with Gasteiger partial charge in [-0.05, 0) is 25.5 Å². The molecule has 2 saturated heterocycles. The van der Waals surface area contributed by atoms with Gasteiger partial charge in [0.2, 0.25) is 17.7 Å². The lowest BCUT2D eigenvalue weighted by molar-refractivity contribution is -0.143. The molecule has 3 aliphatic rings. The molecule has 0 aromatic heterocycles. The lowest BCUT2D eigenvalue weighted by Crippen LogP contribution is -2.55. The summed E-state index contributed by atoms with van der Waals surface area (Å²) in [6.07, 6.45) is -0.942. The number of halogens is 1. The Balaban J connectivity index is 1.89. The van der Waals surface area contributed by atoms with Crippen LogP contribution in [0.1, 0.15) is 18.1 Å². The first-order chi connectivity index (χ1) is 13.2. The van der Waals surface area contributed by atoms with Crippen molar-refractivity contribution in [2.75, 3.05) is 25.6 Å². The van der Waals surface area contributed by atoms with E-state index in [9.17, 15) is 19.5 Å². The zero-order valence-electron chi connectivity index (χ0n) is 15.8. The van der Waals surface area contributed by atoms with Gasteiger partial charge in [0.1, 0.15) is 5.54 Å². The van der Waals surface area contributed by atoms with Crippen molar-refractivity contribution in [2.45, 2.75) is 31.5 Å². The SMILES string of the molecule is COCCN1C(=O)[C@@H]2[C@H]([C@H](C)O)N[C@@]3(C(=O)Nc4c(Cl)cc(C)cc43)[C@H]2C1=O. The van der Waals surface area contributed by atoms with Gasteiger partial charge in [0.05, 0.1) is 41.8 Å². The van der Waals surface area contributed by atoms with Crippen LogP contribution in [-0.4, -0.2) is 60.1 Å². The molecule has 28 heavy (non-hydrogen) atoms. The molecule has 3 heterocycles. The number of ether oxygens (including phenoxy) is 1. The lowest BCUT2D eigenvalue weighted by Gasteiger charge is -2.30. The monoisotopic (exact) mass is 407 g/mol. The molecule has 5 atom stereocenters. The first-order valence-corrected chi connectivity index (χ1v) is 9.53. The second kappa shape index (κ2) is 6.52. The number of methoxy groups -OCH3 is 1. The first-order valence-electron chi connectivity index (χ1n) is 9.16. The summed E-state index contributed by atoms with van der Waals surface area (Å²) in [6, 6.07) is 2.78. The topological polar surface area (TPSA) is 108 Å². The van der Waals surface area contributed by atoms with Crippen molar-refractivity contribution in [3.63, 3.8) is 0 Å². The number of aryl methyl sites for hydroxylation is 1. The zero-order valence-corrected chi connectivity index (χ0v) is 16.5. The second-order valence-electron chi connectivity index (χ2n) is 7.67. The highest BCUT2D eigenvalue weighted by Crippen LogP contribution is 2.54. The van der Waals surface area contributed by atoms with E-state index in [1.165, 1.54) is 7.11 Å². The Morgan fingerprint density at radius 3 is 2.68 bits per heavy atom. The van der Waals surface area contributed by atoms with Crippen LogP contribution in [0.5, 0.6) is 0 Å². The van der Waals surface area contributed by atoms with Crippen LogP contribution in [-0.2, 0) is 24.7 Å². The minimum atomic E-state index is -1.45. The first kappa shape index (κ1) is 19.3. The van der Waals surface area contributed by atoms with Gasteiger partial charge in [0.25, 0.3) is 0 Å². The summed E-state index contributed by atoms with van der Waals surface area (Å²) in [4.78, 5) is 40.6. The van der Waals surface area contributed by atoms with Crippen LogP contribution in [0.3, 0.4) is 0 Å². The van der Waals surface area contributed by atoms with Crippen molar-refractivity contribution in [3.8, 4) is 0 Å². The van der Waals surface area contributed by atoms with Crippen LogP contribution in [0, 0.1) is 18.8 Å². The number of anilines is 1. The molecule has 3 N–H and O–H groups in total. The van der Waals surface area contributed by atoms with Crippen LogP contribution in [0.4, 0.5) is 5.69 Å². The maximum atomic E-state index is 13.3. The van der Waals surface area contributed by atoms with E-state index >= 15 is 0 Å². The largest absolute Gasteiger partial charge is 0.392 e. The van der Waals surface area contributed by atoms with Crippen LogP contribution in [0.15, 0.2) is 12.1 Å². The van der Waals surface area contributed by atoms with Gasteiger partial charge < -0.3 is 15.2 Å². The average molecular weight is 408 g/mol. The van der Waals surface area contributed by atoms with E-state index in [1.807, 2.05) is 6.92 Å². The van der Waals surface area contributed by atoms with E-state index < -0.39 is 47.2 Å². The molecule has 150 valence electrons. The van der Waals surface area contributed by atoms with Crippen LogP contribution in [0.2, 0.25) is 5.02 Å². The average Bonchev–Trinajstić information content (AvgIpc) is 3.21. The molecule has 0 bridgehead atoms. The fourth-order valence-corrected chi connectivity index (χ4v) is 5.12. The van der Waals surface area contributed by atoms with E-state index in [0.717, 1.165) is 10.5 Å². The molecule has 0 radical (unpaired) electrons. The summed E-state index contributed by atoms with van der Waals surface area (Å²) in [7, 11) is 1.49. The molecule has 0 saturated carbocycles. The third kappa shape index (κ3) is 2.38. The number of nitrogens with zero attached hydrogens (tertiary/aromatic N) is 1. The van der Waals surface area contributed by atoms with Gasteiger partial charge in [-0.1, -0.05) is 17.7 Å². The van der Waals surface area contributed by atoms with Crippen molar-refractivity contribution in [1.29, 1.82) is 0 Å². The number of fused-ring (bicyclic) bond motifs is 4. The van der Waals surface area contributed by atoms with E-state index in [-0.39, 0.29) is 13.2 Å². The molecule has 2 fully saturated rings.